The second-order valence-corrected chi connectivity index (χ2v) is 10.9. The Labute approximate surface area is 214 Å². The first kappa shape index (κ1) is 27.3. The molecular formula is C24H27ClFN5O4S. The minimum absolute atomic E-state index is 0.0470. The number of carbonyl (C=O) groups is 1. The first-order valence-electron chi connectivity index (χ1n) is 11.0. The number of amides is 1. The summed E-state index contributed by atoms with van der Waals surface area (Å²) in [7, 11) is 0.581. The zero-order valence-electron chi connectivity index (χ0n) is 20.1. The van der Waals surface area contributed by atoms with Gasteiger partial charge >= 0.3 is 0 Å². The van der Waals surface area contributed by atoms with Crippen LogP contribution >= 0.6 is 11.6 Å². The van der Waals surface area contributed by atoms with Gasteiger partial charge in [0.15, 0.2) is 11.6 Å². The number of likely N-dealkylation sites (N-methyl/N-ethyl adjacent to an activating group) is 1. The molecule has 2 N–H and O–H groups in total. The van der Waals surface area contributed by atoms with E-state index < -0.39 is 15.7 Å². The molecule has 0 unspecified atom stereocenters. The molecule has 0 radical (unpaired) electrons. The minimum Gasteiger partial charge on any atom is -0.491 e. The van der Waals surface area contributed by atoms with Crippen molar-refractivity contribution in [2.45, 2.75) is 6.42 Å². The topological polar surface area (TPSA) is 114 Å². The maximum Gasteiger partial charge on any atom is 0.248 e. The van der Waals surface area contributed by atoms with Crippen LogP contribution in [0.1, 0.15) is 6.42 Å². The van der Waals surface area contributed by atoms with Gasteiger partial charge in [-0.15, -0.1) is 0 Å². The third-order valence-corrected chi connectivity index (χ3v) is 6.19. The summed E-state index contributed by atoms with van der Waals surface area (Å²) in [5.74, 6) is -0.664. The molecule has 1 aromatic heterocycles. The SMILES string of the molecule is CN(C)C/C=C/C(=O)Nc1ccc2ncnc(Nc3cccc(Cl)c3F)c2c1OCCCS(C)(=O)=O. The monoisotopic (exact) mass is 535 g/mol. The fraction of sp³-hybridized carbons (Fsp3) is 0.292. The summed E-state index contributed by atoms with van der Waals surface area (Å²) in [4.78, 5) is 23.0. The van der Waals surface area contributed by atoms with E-state index in [2.05, 4.69) is 20.6 Å². The quantitative estimate of drug-likeness (QED) is 0.279. The van der Waals surface area contributed by atoms with Crippen LogP contribution in [-0.2, 0) is 14.6 Å². The Balaban J connectivity index is 2.02. The van der Waals surface area contributed by atoms with Gasteiger partial charge in [-0.05, 0) is 44.8 Å². The van der Waals surface area contributed by atoms with E-state index in [1.54, 1.807) is 24.3 Å². The van der Waals surface area contributed by atoms with Crippen LogP contribution in [0.3, 0.4) is 0 Å². The van der Waals surface area contributed by atoms with E-state index in [1.807, 2.05) is 19.0 Å². The summed E-state index contributed by atoms with van der Waals surface area (Å²) >= 11 is 5.92. The Morgan fingerprint density at radius 1 is 1.19 bits per heavy atom. The molecule has 0 aliphatic rings. The maximum atomic E-state index is 14.6. The van der Waals surface area contributed by atoms with Crippen LogP contribution in [-0.4, -0.2) is 68.4 Å². The lowest BCUT2D eigenvalue weighted by Crippen LogP contribution is -2.14. The Bertz CT molecular complexity index is 1380. The molecule has 12 heteroatoms. The minimum atomic E-state index is -3.18. The molecule has 0 saturated heterocycles. The van der Waals surface area contributed by atoms with Crippen molar-refractivity contribution in [2.75, 3.05) is 49.9 Å². The highest BCUT2D eigenvalue weighted by Gasteiger charge is 2.18. The van der Waals surface area contributed by atoms with Crippen molar-refractivity contribution in [2.24, 2.45) is 0 Å². The summed E-state index contributed by atoms with van der Waals surface area (Å²) in [6.45, 7) is 0.623. The fourth-order valence-corrected chi connectivity index (χ4v) is 4.05. The molecular weight excluding hydrogens is 509 g/mol. The van der Waals surface area contributed by atoms with Gasteiger partial charge in [-0.3, -0.25) is 4.79 Å². The molecule has 0 spiro atoms. The molecule has 0 aliphatic heterocycles. The number of nitrogens with one attached hydrogen (secondary N) is 2. The third-order valence-electron chi connectivity index (χ3n) is 4.86. The van der Waals surface area contributed by atoms with E-state index in [0.29, 0.717) is 23.1 Å². The van der Waals surface area contributed by atoms with Crippen molar-refractivity contribution in [1.29, 1.82) is 0 Å². The number of benzene rings is 2. The number of carbonyl (C=O) groups excluding carboxylic acids is 1. The van der Waals surface area contributed by atoms with Crippen LogP contribution in [0.25, 0.3) is 10.9 Å². The van der Waals surface area contributed by atoms with E-state index in [0.717, 1.165) is 6.26 Å². The van der Waals surface area contributed by atoms with Crippen LogP contribution in [0.2, 0.25) is 5.02 Å². The normalized spacial score (nSPS) is 11.8. The van der Waals surface area contributed by atoms with Gasteiger partial charge in [0.25, 0.3) is 0 Å². The average Bonchev–Trinajstić information content (AvgIpc) is 2.80. The van der Waals surface area contributed by atoms with Gasteiger partial charge in [-0.1, -0.05) is 23.7 Å². The third kappa shape index (κ3) is 7.61. The largest absolute Gasteiger partial charge is 0.491 e. The molecule has 3 aromatic rings. The lowest BCUT2D eigenvalue weighted by molar-refractivity contribution is -0.111. The zero-order chi connectivity index (χ0) is 26.3. The maximum absolute atomic E-state index is 14.6. The van der Waals surface area contributed by atoms with E-state index in [1.165, 1.54) is 24.5 Å². The number of fused-ring (bicyclic) bond motifs is 1. The molecule has 0 bridgehead atoms. The summed E-state index contributed by atoms with van der Waals surface area (Å²) in [6.07, 6.45) is 5.79. The molecule has 1 amide bonds. The fourth-order valence-electron chi connectivity index (χ4n) is 3.23. The molecule has 36 heavy (non-hydrogen) atoms. The molecule has 0 aliphatic carbocycles. The standard InChI is InChI=1S/C24H27ClFN5O4S/c1-31(2)12-5-9-20(32)29-19-11-10-17-21(23(19)35-13-6-14-36(3,33)34)24(28-15-27-17)30-18-8-4-7-16(25)22(18)26/h4-5,7-11,15H,6,12-14H2,1-3H3,(H,29,32)(H,27,28,30)/b9-5+. The van der Waals surface area contributed by atoms with E-state index in [-0.39, 0.29) is 47.0 Å². The van der Waals surface area contributed by atoms with Crippen LogP contribution < -0.4 is 15.4 Å². The number of hydrogen-bond donors (Lipinski definition) is 2. The Hall–Kier alpha value is -3.28. The number of rotatable bonds is 11. The summed E-state index contributed by atoms with van der Waals surface area (Å²) in [5.41, 5.74) is 0.881. The van der Waals surface area contributed by atoms with Crippen molar-refractivity contribution < 1.29 is 22.3 Å². The number of halogens is 2. The first-order chi connectivity index (χ1) is 17.0. The van der Waals surface area contributed by atoms with Gasteiger partial charge in [0.05, 0.1) is 39.7 Å². The highest BCUT2D eigenvalue weighted by atomic mass is 35.5. The Morgan fingerprint density at radius 2 is 1.97 bits per heavy atom. The number of nitrogens with zero attached hydrogens (tertiary/aromatic N) is 3. The lowest BCUT2D eigenvalue weighted by atomic mass is 10.1. The molecule has 9 nitrogen and oxygen atoms in total. The molecule has 192 valence electrons. The van der Waals surface area contributed by atoms with Crippen LogP contribution in [0.5, 0.6) is 5.75 Å². The Morgan fingerprint density at radius 3 is 2.69 bits per heavy atom. The molecule has 0 atom stereocenters. The van der Waals surface area contributed by atoms with E-state index >= 15 is 0 Å². The number of anilines is 3. The predicted octanol–water partition coefficient (Wildman–Crippen LogP) is 4.04. The first-order valence-corrected chi connectivity index (χ1v) is 13.4. The number of hydrogen-bond acceptors (Lipinski definition) is 8. The second kappa shape index (κ2) is 12.1. The summed E-state index contributed by atoms with van der Waals surface area (Å²) < 4.78 is 43.6. The Kier molecular flexibility index (Phi) is 9.19. The van der Waals surface area contributed by atoms with Crippen LogP contribution in [0, 0.1) is 5.82 Å². The van der Waals surface area contributed by atoms with Gasteiger partial charge < -0.3 is 20.3 Å². The second-order valence-electron chi connectivity index (χ2n) is 8.27. The molecule has 3 rings (SSSR count). The lowest BCUT2D eigenvalue weighted by Gasteiger charge is -2.17. The predicted molar refractivity (Wildman–Crippen MR) is 140 cm³/mol. The molecule has 0 saturated carbocycles. The van der Waals surface area contributed by atoms with Gasteiger partial charge in [0.2, 0.25) is 5.91 Å². The van der Waals surface area contributed by atoms with Crippen molar-refractivity contribution >= 4 is 55.4 Å². The van der Waals surface area contributed by atoms with Crippen molar-refractivity contribution in [3.05, 3.63) is 59.7 Å². The molecule has 2 aromatic carbocycles. The number of sulfone groups is 1. The molecule has 1 heterocycles. The van der Waals surface area contributed by atoms with Crippen molar-refractivity contribution in [3.8, 4) is 5.75 Å². The van der Waals surface area contributed by atoms with Crippen LogP contribution in [0.15, 0.2) is 48.8 Å². The smallest absolute Gasteiger partial charge is 0.248 e. The molecule has 0 fully saturated rings. The highest BCUT2D eigenvalue weighted by Crippen LogP contribution is 2.38. The summed E-state index contributed by atoms with van der Waals surface area (Å²) in [5, 5.41) is 6.02. The summed E-state index contributed by atoms with van der Waals surface area (Å²) in [6, 6.07) is 7.81. The van der Waals surface area contributed by atoms with Crippen LogP contribution in [0.4, 0.5) is 21.6 Å². The zero-order valence-corrected chi connectivity index (χ0v) is 21.7. The van der Waals surface area contributed by atoms with Gasteiger partial charge in [-0.25, -0.2) is 22.8 Å². The van der Waals surface area contributed by atoms with Crippen molar-refractivity contribution in [3.63, 3.8) is 0 Å². The van der Waals surface area contributed by atoms with E-state index in [9.17, 15) is 17.6 Å². The van der Waals surface area contributed by atoms with Gasteiger partial charge in [0.1, 0.15) is 22.0 Å². The number of ether oxygens (including phenoxy) is 1. The van der Waals surface area contributed by atoms with E-state index in [4.69, 9.17) is 16.3 Å². The van der Waals surface area contributed by atoms with Gasteiger partial charge in [0, 0.05) is 18.9 Å². The average molecular weight is 536 g/mol. The number of aromatic nitrogens is 2. The van der Waals surface area contributed by atoms with Crippen molar-refractivity contribution in [1.82, 2.24) is 14.9 Å². The highest BCUT2D eigenvalue weighted by molar-refractivity contribution is 7.90. The van der Waals surface area contributed by atoms with Gasteiger partial charge in [-0.2, -0.15) is 0 Å².